The number of carbonyl (C=O) groups is 1. The van der Waals surface area contributed by atoms with Crippen LogP contribution in [0.4, 0.5) is 0 Å². The summed E-state index contributed by atoms with van der Waals surface area (Å²) >= 11 is 5.72. The molecule has 0 atom stereocenters. The van der Waals surface area contributed by atoms with E-state index < -0.39 is 0 Å². The van der Waals surface area contributed by atoms with E-state index in [0.29, 0.717) is 11.7 Å². The average molecular weight is 237 g/mol. The van der Waals surface area contributed by atoms with Crippen LogP contribution in [0, 0.1) is 5.92 Å². The van der Waals surface area contributed by atoms with Crippen LogP contribution >= 0.6 is 11.6 Å². The van der Waals surface area contributed by atoms with E-state index in [0.717, 1.165) is 24.0 Å². The molecule has 1 saturated carbocycles. The largest absolute Gasteiger partial charge is 0.294 e. The SMILES string of the molecule is O=C(c1ccc(CCl)cc1)C1CCCCC1. The molecule has 0 amide bonds. The van der Waals surface area contributed by atoms with Crippen molar-refractivity contribution in [3.05, 3.63) is 35.4 Å². The zero-order valence-corrected chi connectivity index (χ0v) is 10.2. The van der Waals surface area contributed by atoms with E-state index in [1.54, 1.807) is 0 Å². The average Bonchev–Trinajstić information content (AvgIpc) is 2.39. The van der Waals surface area contributed by atoms with Crippen LogP contribution in [0.2, 0.25) is 0 Å². The molecule has 1 aliphatic rings. The number of ketones is 1. The predicted molar refractivity (Wildman–Crippen MR) is 66.9 cm³/mol. The van der Waals surface area contributed by atoms with Gasteiger partial charge in [0.25, 0.3) is 0 Å². The number of rotatable bonds is 3. The number of alkyl halides is 1. The summed E-state index contributed by atoms with van der Waals surface area (Å²) < 4.78 is 0. The van der Waals surface area contributed by atoms with Crippen molar-refractivity contribution in [2.75, 3.05) is 0 Å². The molecular formula is C14H17ClO. The molecule has 0 radical (unpaired) electrons. The Hall–Kier alpha value is -0.820. The molecule has 0 aliphatic heterocycles. The molecule has 1 fully saturated rings. The lowest BCUT2D eigenvalue weighted by atomic mass is 9.84. The Morgan fingerprint density at radius 1 is 1.12 bits per heavy atom. The van der Waals surface area contributed by atoms with Gasteiger partial charge < -0.3 is 0 Å². The quantitative estimate of drug-likeness (QED) is 0.568. The molecular weight excluding hydrogens is 220 g/mol. The van der Waals surface area contributed by atoms with Gasteiger partial charge in [-0.3, -0.25) is 4.79 Å². The summed E-state index contributed by atoms with van der Waals surface area (Å²) in [6.45, 7) is 0. The third-order valence-corrected chi connectivity index (χ3v) is 3.68. The van der Waals surface area contributed by atoms with Gasteiger partial charge in [0.2, 0.25) is 0 Å². The summed E-state index contributed by atoms with van der Waals surface area (Å²) in [4.78, 5) is 12.2. The molecule has 1 aliphatic carbocycles. The standard InChI is InChI=1S/C14H17ClO/c15-10-11-6-8-13(9-7-11)14(16)12-4-2-1-3-5-12/h6-9,12H,1-5,10H2. The number of halogens is 1. The highest BCUT2D eigenvalue weighted by Crippen LogP contribution is 2.27. The zero-order chi connectivity index (χ0) is 11.4. The second-order valence-corrected chi connectivity index (χ2v) is 4.80. The van der Waals surface area contributed by atoms with Crippen LogP contribution in [0.3, 0.4) is 0 Å². The Kier molecular flexibility index (Phi) is 4.00. The molecule has 1 aromatic rings. The van der Waals surface area contributed by atoms with E-state index in [4.69, 9.17) is 11.6 Å². The van der Waals surface area contributed by atoms with E-state index in [1.807, 2.05) is 24.3 Å². The fraction of sp³-hybridized carbons (Fsp3) is 0.500. The Labute approximate surface area is 102 Å². The van der Waals surface area contributed by atoms with Crippen molar-refractivity contribution in [3.63, 3.8) is 0 Å². The van der Waals surface area contributed by atoms with Crippen molar-refractivity contribution in [1.82, 2.24) is 0 Å². The van der Waals surface area contributed by atoms with E-state index in [1.165, 1.54) is 19.3 Å². The minimum atomic E-state index is 0.260. The molecule has 0 N–H and O–H groups in total. The Morgan fingerprint density at radius 3 is 2.31 bits per heavy atom. The Balaban J connectivity index is 2.07. The summed E-state index contributed by atoms with van der Waals surface area (Å²) in [7, 11) is 0. The molecule has 0 saturated heterocycles. The first-order chi connectivity index (χ1) is 7.81. The number of Topliss-reactive ketones (excluding diaryl/α,β-unsaturated/α-hetero) is 1. The monoisotopic (exact) mass is 236 g/mol. The molecule has 0 aromatic heterocycles. The Bertz CT molecular complexity index is 350. The predicted octanol–water partition coefficient (Wildman–Crippen LogP) is 4.19. The molecule has 0 spiro atoms. The fourth-order valence-corrected chi connectivity index (χ4v) is 2.54. The Morgan fingerprint density at radius 2 is 1.75 bits per heavy atom. The van der Waals surface area contributed by atoms with Crippen molar-refractivity contribution in [2.45, 2.75) is 38.0 Å². The number of carbonyl (C=O) groups excluding carboxylic acids is 1. The van der Waals surface area contributed by atoms with Gasteiger partial charge in [0, 0.05) is 17.4 Å². The number of hydrogen-bond acceptors (Lipinski definition) is 1. The van der Waals surface area contributed by atoms with E-state index in [2.05, 4.69) is 0 Å². The van der Waals surface area contributed by atoms with Gasteiger partial charge in [-0.25, -0.2) is 0 Å². The molecule has 16 heavy (non-hydrogen) atoms. The van der Waals surface area contributed by atoms with Crippen molar-refractivity contribution in [2.24, 2.45) is 5.92 Å². The lowest BCUT2D eigenvalue weighted by molar-refractivity contribution is 0.0889. The summed E-state index contributed by atoms with van der Waals surface area (Å²) in [5.74, 6) is 1.09. The maximum Gasteiger partial charge on any atom is 0.165 e. The van der Waals surface area contributed by atoms with Crippen molar-refractivity contribution in [3.8, 4) is 0 Å². The van der Waals surface area contributed by atoms with Gasteiger partial charge in [-0.2, -0.15) is 0 Å². The topological polar surface area (TPSA) is 17.1 Å². The summed E-state index contributed by atoms with van der Waals surface area (Å²) in [5, 5.41) is 0. The van der Waals surface area contributed by atoms with Gasteiger partial charge in [-0.1, -0.05) is 43.5 Å². The van der Waals surface area contributed by atoms with Crippen LogP contribution in [0.15, 0.2) is 24.3 Å². The first kappa shape index (κ1) is 11.7. The minimum absolute atomic E-state index is 0.260. The summed E-state index contributed by atoms with van der Waals surface area (Å²) in [5.41, 5.74) is 1.92. The molecule has 86 valence electrons. The number of benzene rings is 1. The lowest BCUT2D eigenvalue weighted by Gasteiger charge is -2.20. The van der Waals surface area contributed by atoms with Crippen molar-refractivity contribution in [1.29, 1.82) is 0 Å². The highest BCUT2D eigenvalue weighted by atomic mass is 35.5. The normalized spacial score (nSPS) is 17.3. The van der Waals surface area contributed by atoms with Crippen LogP contribution in [-0.4, -0.2) is 5.78 Å². The van der Waals surface area contributed by atoms with Gasteiger partial charge in [0.1, 0.15) is 0 Å². The first-order valence-corrected chi connectivity index (χ1v) is 6.54. The molecule has 1 nitrogen and oxygen atoms in total. The minimum Gasteiger partial charge on any atom is -0.294 e. The van der Waals surface area contributed by atoms with Gasteiger partial charge >= 0.3 is 0 Å². The maximum atomic E-state index is 12.2. The van der Waals surface area contributed by atoms with Crippen LogP contribution in [0.1, 0.15) is 48.0 Å². The first-order valence-electron chi connectivity index (χ1n) is 6.00. The maximum absolute atomic E-state index is 12.2. The van der Waals surface area contributed by atoms with Gasteiger partial charge in [-0.15, -0.1) is 11.6 Å². The molecule has 2 rings (SSSR count). The molecule has 0 heterocycles. The van der Waals surface area contributed by atoms with Gasteiger partial charge in [0.15, 0.2) is 5.78 Å². The van der Waals surface area contributed by atoms with Crippen molar-refractivity contribution >= 4 is 17.4 Å². The molecule has 0 unspecified atom stereocenters. The van der Waals surface area contributed by atoms with Gasteiger partial charge in [0.05, 0.1) is 0 Å². The fourth-order valence-electron chi connectivity index (χ4n) is 2.36. The lowest BCUT2D eigenvalue weighted by Crippen LogP contribution is -2.17. The van der Waals surface area contributed by atoms with E-state index in [-0.39, 0.29) is 5.92 Å². The molecule has 2 heteroatoms. The van der Waals surface area contributed by atoms with E-state index in [9.17, 15) is 4.79 Å². The number of hydrogen-bond donors (Lipinski definition) is 0. The summed E-state index contributed by atoms with van der Waals surface area (Å²) in [6, 6.07) is 7.72. The van der Waals surface area contributed by atoms with E-state index >= 15 is 0 Å². The van der Waals surface area contributed by atoms with Gasteiger partial charge in [-0.05, 0) is 18.4 Å². The van der Waals surface area contributed by atoms with Crippen LogP contribution < -0.4 is 0 Å². The summed E-state index contributed by atoms with van der Waals surface area (Å²) in [6.07, 6.45) is 5.83. The molecule has 1 aromatic carbocycles. The molecule has 0 bridgehead atoms. The van der Waals surface area contributed by atoms with Crippen LogP contribution in [0.5, 0.6) is 0 Å². The highest BCUT2D eigenvalue weighted by molar-refractivity contribution is 6.17. The van der Waals surface area contributed by atoms with Crippen molar-refractivity contribution < 1.29 is 4.79 Å². The second-order valence-electron chi connectivity index (χ2n) is 4.53. The smallest absolute Gasteiger partial charge is 0.165 e. The van der Waals surface area contributed by atoms with Crippen LogP contribution in [0.25, 0.3) is 0 Å². The third kappa shape index (κ3) is 2.65. The van der Waals surface area contributed by atoms with Crippen LogP contribution in [-0.2, 0) is 5.88 Å². The third-order valence-electron chi connectivity index (χ3n) is 3.37. The second kappa shape index (κ2) is 5.49. The highest BCUT2D eigenvalue weighted by Gasteiger charge is 2.21. The zero-order valence-electron chi connectivity index (χ0n) is 9.42.